The number of carboxylic acid groups (broad SMARTS) is 1. The van der Waals surface area contributed by atoms with E-state index in [-0.39, 0.29) is 6.42 Å². The van der Waals surface area contributed by atoms with Gasteiger partial charge in [0.1, 0.15) is 17.2 Å². The number of hydrazine groups is 2. The maximum absolute atomic E-state index is 12.0. The fraction of sp³-hybridized carbons (Fsp3) is 0.812. The molecular formula is C16H32N4O6. The maximum Gasteiger partial charge on any atom is 0.423 e. The molecule has 2 amide bonds. The molecule has 0 aromatic heterocycles. The van der Waals surface area contributed by atoms with Gasteiger partial charge < -0.3 is 20.3 Å². The Hall–Kier alpha value is -2.07. The lowest BCUT2D eigenvalue weighted by Gasteiger charge is -2.31. The number of carbonyl (C=O) groups excluding carboxylic acids is 2. The first-order valence-corrected chi connectivity index (χ1v) is 8.46. The number of nitrogens with one attached hydrogen (secondary N) is 2. The Labute approximate surface area is 154 Å². The smallest absolute Gasteiger partial charge is 0.423 e. The van der Waals surface area contributed by atoms with E-state index >= 15 is 0 Å². The van der Waals surface area contributed by atoms with Crippen molar-refractivity contribution in [2.45, 2.75) is 78.0 Å². The molecular weight excluding hydrogens is 344 g/mol. The quantitative estimate of drug-likeness (QED) is 0.370. The summed E-state index contributed by atoms with van der Waals surface area (Å²) in [5.41, 5.74) is 8.34. The number of nitrogens with zero attached hydrogens (tertiary/aromatic N) is 1. The first kappa shape index (κ1) is 23.9. The van der Waals surface area contributed by atoms with Crippen molar-refractivity contribution in [1.82, 2.24) is 16.0 Å². The van der Waals surface area contributed by atoms with E-state index in [4.69, 9.17) is 15.2 Å². The molecule has 0 aliphatic heterocycles. The first-order valence-electron chi connectivity index (χ1n) is 8.46. The monoisotopic (exact) mass is 376 g/mol. The minimum atomic E-state index is -1.23. The molecule has 0 rings (SSSR count). The normalized spacial score (nSPS) is 13.1. The SMILES string of the molecule is CC(C)(C)OC(=O)NN(NC(=O)OC(C)(C)C)[C@@H](CCCCN)C(=O)O. The molecule has 152 valence electrons. The van der Waals surface area contributed by atoms with Crippen molar-refractivity contribution in [3.05, 3.63) is 0 Å². The molecule has 0 radical (unpaired) electrons. The third-order valence-electron chi connectivity index (χ3n) is 2.75. The highest BCUT2D eigenvalue weighted by molar-refractivity contribution is 5.76. The Morgan fingerprint density at radius 1 is 0.962 bits per heavy atom. The average molecular weight is 376 g/mol. The third kappa shape index (κ3) is 11.5. The summed E-state index contributed by atoms with van der Waals surface area (Å²) in [6.07, 6.45) is -0.554. The van der Waals surface area contributed by atoms with Gasteiger partial charge in [0.15, 0.2) is 0 Å². The van der Waals surface area contributed by atoms with Gasteiger partial charge in [0.05, 0.1) is 0 Å². The van der Waals surface area contributed by atoms with E-state index in [2.05, 4.69) is 10.9 Å². The highest BCUT2D eigenvalue weighted by Crippen LogP contribution is 2.11. The van der Waals surface area contributed by atoms with Crippen molar-refractivity contribution in [2.24, 2.45) is 5.73 Å². The predicted molar refractivity (Wildman–Crippen MR) is 94.9 cm³/mol. The Morgan fingerprint density at radius 3 is 1.69 bits per heavy atom. The summed E-state index contributed by atoms with van der Waals surface area (Å²) in [4.78, 5) is 35.6. The molecule has 10 heteroatoms. The first-order chi connectivity index (χ1) is 11.7. The Morgan fingerprint density at radius 2 is 1.38 bits per heavy atom. The van der Waals surface area contributed by atoms with Gasteiger partial charge in [-0.2, -0.15) is 0 Å². The van der Waals surface area contributed by atoms with Gasteiger partial charge in [-0.25, -0.2) is 20.4 Å². The number of ether oxygens (including phenoxy) is 2. The molecule has 5 N–H and O–H groups in total. The van der Waals surface area contributed by atoms with Gasteiger partial charge in [-0.15, -0.1) is 5.12 Å². The van der Waals surface area contributed by atoms with Crippen molar-refractivity contribution in [3.63, 3.8) is 0 Å². The number of carbonyl (C=O) groups is 3. The number of aliphatic carboxylic acids is 1. The van der Waals surface area contributed by atoms with Gasteiger partial charge in [-0.1, -0.05) is 0 Å². The molecule has 0 aromatic carbocycles. The topological polar surface area (TPSA) is 143 Å². The van der Waals surface area contributed by atoms with E-state index in [0.717, 1.165) is 5.12 Å². The fourth-order valence-electron chi connectivity index (χ4n) is 1.83. The summed E-state index contributed by atoms with van der Waals surface area (Å²) < 4.78 is 10.2. The van der Waals surface area contributed by atoms with Crippen LogP contribution < -0.4 is 16.6 Å². The minimum absolute atomic E-state index is 0.151. The largest absolute Gasteiger partial charge is 0.480 e. The molecule has 0 saturated heterocycles. The number of nitrogens with two attached hydrogens (primary N) is 1. The number of hydrogen-bond acceptors (Lipinski definition) is 7. The fourth-order valence-corrected chi connectivity index (χ4v) is 1.83. The van der Waals surface area contributed by atoms with Crippen LogP contribution in [0.3, 0.4) is 0 Å². The Balaban J connectivity index is 5.24. The summed E-state index contributed by atoms with van der Waals surface area (Å²) in [5, 5.41) is 10.3. The number of amides is 2. The lowest BCUT2D eigenvalue weighted by atomic mass is 10.1. The molecule has 0 aliphatic carbocycles. The van der Waals surface area contributed by atoms with Crippen molar-refractivity contribution < 1.29 is 29.0 Å². The van der Waals surface area contributed by atoms with Crippen LogP contribution in [0.5, 0.6) is 0 Å². The van der Waals surface area contributed by atoms with Crippen LogP contribution in [0.25, 0.3) is 0 Å². The standard InChI is InChI=1S/C16H32N4O6/c1-15(2,3)25-13(23)18-20(19-14(24)26-16(4,5)6)11(12(21)22)9-7-8-10-17/h11H,7-10,17H2,1-6H3,(H,18,23)(H,19,24)(H,21,22)/t11-/m0/s1. The minimum Gasteiger partial charge on any atom is -0.480 e. The van der Waals surface area contributed by atoms with Crippen LogP contribution in [-0.2, 0) is 14.3 Å². The van der Waals surface area contributed by atoms with Crippen molar-refractivity contribution in [2.75, 3.05) is 6.54 Å². The van der Waals surface area contributed by atoms with Crippen molar-refractivity contribution in [3.8, 4) is 0 Å². The average Bonchev–Trinajstić information content (AvgIpc) is 2.38. The van der Waals surface area contributed by atoms with E-state index in [9.17, 15) is 19.5 Å². The predicted octanol–water partition coefficient (Wildman–Crippen LogP) is 1.75. The second-order valence-electron chi connectivity index (χ2n) is 7.74. The molecule has 0 aliphatic rings. The van der Waals surface area contributed by atoms with Crippen LogP contribution in [0, 0.1) is 0 Å². The van der Waals surface area contributed by atoms with Gasteiger partial charge in [-0.05, 0) is 67.3 Å². The van der Waals surface area contributed by atoms with Crippen LogP contribution in [0.15, 0.2) is 0 Å². The second kappa shape index (κ2) is 10.2. The molecule has 10 nitrogen and oxygen atoms in total. The number of carboxylic acids is 1. The summed E-state index contributed by atoms with van der Waals surface area (Å²) in [7, 11) is 0. The van der Waals surface area contributed by atoms with Crippen LogP contribution in [-0.4, -0.2) is 52.2 Å². The Kier molecular flexibility index (Phi) is 9.36. The van der Waals surface area contributed by atoms with E-state index in [1.54, 1.807) is 41.5 Å². The van der Waals surface area contributed by atoms with E-state index in [0.29, 0.717) is 19.4 Å². The number of hydrogen-bond donors (Lipinski definition) is 4. The zero-order valence-corrected chi connectivity index (χ0v) is 16.4. The number of rotatable bonds is 8. The third-order valence-corrected chi connectivity index (χ3v) is 2.75. The number of unbranched alkanes of at least 4 members (excludes halogenated alkanes) is 1. The van der Waals surface area contributed by atoms with Gasteiger partial charge in [0, 0.05) is 0 Å². The summed E-state index contributed by atoms with van der Waals surface area (Å²) in [6, 6.07) is -1.22. The summed E-state index contributed by atoms with van der Waals surface area (Å²) in [6.45, 7) is 10.4. The second-order valence-corrected chi connectivity index (χ2v) is 7.74. The molecule has 1 atom stereocenters. The van der Waals surface area contributed by atoms with Gasteiger partial charge in [-0.3, -0.25) is 4.79 Å². The highest BCUT2D eigenvalue weighted by Gasteiger charge is 2.31. The van der Waals surface area contributed by atoms with Crippen LogP contribution in [0.2, 0.25) is 0 Å². The highest BCUT2D eigenvalue weighted by atomic mass is 16.6. The molecule has 26 heavy (non-hydrogen) atoms. The zero-order valence-electron chi connectivity index (χ0n) is 16.4. The molecule has 0 saturated carbocycles. The van der Waals surface area contributed by atoms with E-state index < -0.39 is 35.4 Å². The lowest BCUT2D eigenvalue weighted by molar-refractivity contribution is -0.146. The summed E-state index contributed by atoms with van der Waals surface area (Å²) >= 11 is 0. The Bertz CT molecular complexity index is 454. The molecule has 0 fully saturated rings. The molecule has 0 aromatic rings. The molecule has 0 spiro atoms. The van der Waals surface area contributed by atoms with Crippen molar-refractivity contribution >= 4 is 18.2 Å². The van der Waals surface area contributed by atoms with Gasteiger partial charge in [0.25, 0.3) is 0 Å². The summed E-state index contributed by atoms with van der Waals surface area (Å²) in [5.74, 6) is -1.23. The van der Waals surface area contributed by atoms with E-state index in [1.165, 1.54) is 0 Å². The van der Waals surface area contributed by atoms with E-state index in [1.807, 2.05) is 0 Å². The molecule has 0 bridgehead atoms. The van der Waals surface area contributed by atoms with Crippen LogP contribution >= 0.6 is 0 Å². The maximum atomic E-state index is 12.0. The molecule has 0 heterocycles. The van der Waals surface area contributed by atoms with Crippen molar-refractivity contribution in [1.29, 1.82) is 0 Å². The van der Waals surface area contributed by atoms with Gasteiger partial charge >= 0.3 is 18.2 Å². The zero-order chi connectivity index (χ0) is 20.5. The lowest BCUT2D eigenvalue weighted by Crippen LogP contribution is -2.61. The van der Waals surface area contributed by atoms with Crippen LogP contribution in [0.4, 0.5) is 9.59 Å². The molecule has 0 unspecified atom stereocenters. The van der Waals surface area contributed by atoms with Gasteiger partial charge in [0.2, 0.25) is 0 Å². The van der Waals surface area contributed by atoms with Crippen LogP contribution in [0.1, 0.15) is 60.8 Å².